The van der Waals surface area contributed by atoms with E-state index in [2.05, 4.69) is 33.2 Å². The van der Waals surface area contributed by atoms with Crippen LogP contribution in [0, 0.1) is 3.57 Å². The van der Waals surface area contributed by atoms with E-state index in [4.69, 9.17) is 0 Å². The molecule has 0 unspecified atom stereocenters. The van der Waals surface area contributed by atoms with Crippen LogP contribution in [0.5, 0.6) is 0 Å². The van der Waals surface area contributed by atoms with E-state index >= 15 is 0 Å². The Kier molecular flexibility index (Phi) is 4.51. The molecular weight excluding hydrogens is 355 g/mol. The molecule has 2 rings (SSSR count). The summed E-state index contributed by atoms with van der Waals surface area (Å²) in [4.78, 5) is 23.3. The maximum Gasteiger partial charge on any atom is 0.314 e. The van der Waals surface area contributed by atoms with E-state index < -0.39 is 11.8 Å². The summed E-state index contributed by atoms with van der Waals surface area (Å²) < 4.78 is 1.06. The van der Waals surface area contributed by atoms with Gasteiger partial charge in [0.15, 0.2) is 0 Å². The molecule has 19 heavy (non-hydrogen) atoms. The highest BCUT2D eigenvalue weighted by atomic mass is 127. The largest absolute Gasteiger partial charge is 0.318 e. The molecule has 0 saturated heterocycles. The van der Waals surface area contributed by atoms with Crippen LogP contribution in [0.25, 0.3) is 0 Å². The second-order valence-electron chi connectivity index (χ2n) is 3.78. The highest BCUT2D eigenvalue weighted by Crippen LogP contribution is 2.11. The first-order valence-corrected chi connectivity index (χ1v) is 6.66. The average Bonchev–Trinajstić information content (AvgIpc) is 2.42. The molecule has 0 saturated carbocycles. The van der Waals surface area contributed by atoms with Crippen LogP contribution >= 0.6 is 22.6 Å². The summed E-state index contributed by atoms with van der Waals surface area (Å²) in [5.41, 5.74) is 1.18. The molecule has 0 aliphatic rings. The Balaban J connectivity index is 1.96. The average molecular weight is 366 g/mol. The maximum atomic E-state index is 11.7. The summed E-state index contributed by atoms with van der Waals surface area (Å²) in [6, 6.07) is 16.0. The normalized spacial score (nSPS) is 9.74. The Bertz CT molecular complexity index is 582. The number of halogens is 1. The second kappa shape index (κ2) is 6.33. The molecule has 0 aliphatic heterocycles. The Hall–Kier alpha value is -1.89. The smallest absolute Gasteiger partial charge is 0.314 e. The van der Waals surface area contributed by atoms with E-state index in [0.717, 1.165) is 3.57 Å². The van der Waals surface area contributed by atoms with Crippen molar-refractivity contribution in [2.24, 2.45) is 0 Å². The highest BCUT2D eigenvalue weighted by Gasteiger charge is 2.13. The van der Waals surface area contributed by atoms with Gasteiger partial charge in [0.25, 0.3) is 0 Å². The van der Waals surface area contributed by atoms with E-state index in [-0.39, 0.29) is 0 Å². The van der Waals surface area contributed by atoms with Crippen LogP contribution in [0.1, 0.15) is 0 Å². The highest BCUT2D eigenvalue weighted by molar-refractivity contribution is 14.1. The van der Waals surface area contributed by atoms with Crippen LogP contribution in [0.2, 0.25) is 0 Å². The second-order valence-corrected chi connectivity index (χ2v) is 5.03. The van der Waals surface area contributed by atoms with E-state index in [0.29, 0.717) is 11.4 Å². The zero-order valence-electron chi connectivity index (χ0n) is 9.89. The van der Waals surface area contributed by atoms with Crippen molar-refractivity contribution in [3.8, 4) is 0 Å². The van der Waals surface area contributed by atoms with Gasteiger partial charge in [-0.2, -0.15) is 0 Å². The van der Waals surface area contributed by atoms with Crippen LogP contribution in [-0.2, 0) is 9.59 Å². The van der Waals surface area contributed by atoms with Crippen molar-refractivity contribution in [2.75, 3.05) is 10.6 Å². The van der Waals surface area contributed by atoms with E-state index in [1.54, 1.807) is 36.4 Å². The number of para-hydroxylation sites is 1. The van der Waals surface area contributed by atoms with Gasteiger partial charge in [-0.1, -0.05) is 18.2 Å². The van der Waals surface area contributed by atoms with Crippen molar-refractivity contribution in [1.82, 2.24) is 0 Å². The lowest BCUT2D eigenvalue weighted by Crippen LogP contribution is -2.29. The molecule has 5 heteroatoms. The fourth-order valence-electron chi connectivity index (χ4n) is 1.43. The first-order valence-electron chi connectivity index (χ1n) is 5.58. The monoisotopic (exact) mass is 366 g/mol. The van der Waals surface area contributed by atoms with Gasteiger partial charge in [0.2, 0.25) is 0 Å². The van der Waals surface area contributed by atoms with Crippen molar-refractivity contribution in [3.05, 3.63) is 58.2 Å². The third-order valence-electron chi connectivity index (χ3n) is 2.34. The van der Waals surface area contributed by atoms with Gasteiger partial charge < -0.3 is 10.6 Å². The number of carbonyl (C=O) groups excluding carboxylic acids is 2. The van der Waals surface area contributed by atoms with Crippen molar-refractivity contribution >= 4 is 45.8 Å². The number of hydrogen-bond donors (Lipinski definition) is 2. The molecule has 0 bridgehead atoms. The Labute approximate surface area is 124 Å². The van der Waals surface area contributed by atoms with Crippen LogP contribution < -0.4 is 10.6 Å². The lowest BCUT2D eigenvalue weighted by molar-refractivity contribution is -0.132. The molecular formula is C14H11IN2O2. The minimum Gasteiger partial charge on any atom is -0.318 e. The molecule has 0 heterocycles. The Morgan fingerprint density at radius 3 is 1.74 bits per heavy atom. The van der Waals surface area contributed by atoms with Gasteiger partial charge in [-0.25, -0.2) is 0 Å². The summed E-state index contributed by atoms with van der Waals surface area (Å²) in [5, 5.41) is 5.06. The third-order valence-corrected chi connectivity index (χ3v) is 3.06. The molecule has 0 fully saturated rings. The number of benzene rings is 2. The lowest BCUT2D eigenvalue weighted by atomic mass is 10.3. The van der Waals surface area contributed by atoms with Gasteiger partial charge in [-0.15, -0.1) is 0 Å². The molecule has 4 nitrogen and oxygen atoms in total. The van der Waals surface area contributed by atoms with Crippen molar-refractivity contribution in [3.63, 3.8) is 0 Å². The molecule has 2 aromatic carbocycles. The number of nitrogens with one attached hydrogen (secondary N) is 2. The van der Waals surface area contributed by atoms with E-state index in [1.807, 2.05) is 18.2 Å². The predicted molar refractivity (Wildman–Crippen MR) is 82.9 cm³/mol. The number of amides is 2. The molecule has 0 atom stereocenters. The standard InChI is InChI=1S/C14H11IN2O2/c15-10-6-8-12(9-7-10)17-14(19)13(18)16-11-4-2-1-3-5-11/h1-9H,(H,16,18)(H,17,19). The SMILES string of the molecule is O=C(Nc1ccccc1)C(=O)Nc1ccc(I)cc1. The lowest BCUT2D eigenvalue weighted by Gasteiger charge is -2.06. The number of carbonyl (C=O) groups is 2. The van der Waals surface area contributed by atoms with Gasteiger partial charge >= 0.3 is 11.8 Å². The first-order chi connectivity index (χ1) is 9.15. The number of rotatable bonds is 2. The first kappa shape index (κ1) is 13.5. The van der Waals surface area contributed by atoms with Crippen LogP contribution in [0.15, 0.2) is 54.6 Å². The summed E-state index contributed by atoms with van der Waals surface area (Å²) in [6.07, 6.45) is 0. The van der Waals surface area contributed by atoms with Gasteiger partial charge in [0, 0.05) is 14.9 Å². The number of anilines is 2. The van der Waals surface area contributed by atoms with Crippen molar-refractivity contribution in [2.45, 2.75) is 0 Å². The fourth-order valence-corrected chi connectivity index (χ4v) is 1.79. The minimum absolute atomic E-state index is 0.588. The topological polar surface area (TPSA) is 58.2 Å². The molecule has 96 valence electrons. The van der Waals surface area contributed by atoms with Gasteiger partial charge in [0.05, 0.1) is 0 Å². The molecule has 0 radical (unpaired) electrons. The molecule has 0 aromatic heterocycles. The number of hydrogen-bond acceptors (Lipinski definition) is 2. The molecule has 2 amide bonds. The third kappa shape index (κ3) is 4.06. The van der Waals surface area contributed by atoms with Crippen molar-refractivity contribution in [1.29, 1.82) is 0 Å². The van der Waals surface area contributed by atoms with Crippen LogP contribution in [-0.4, -0.2) is 11.8 Å². The summed E-state index contributed by atoms with van der Waals surface area (Å²) in [5.74, 6) is -1.38. The predicted octanol–water partition coefficient (Wildman–Crippen LogP) is 2.87. The van der Waals surface area contributed by atoms with Gasteiger partial charge in [-0.3, -0.25) is 9.59 Å². The molecule has 2 aromatic rings. The minimum atomic E-state index is -0.690. The Morgan fingerprint density at radius 1 is 0.737 bits per heavy atom. The quantitative estimate of drug-likeness (QED) is 0.635. The van der Waals surface area contributed by atoms with Crippen LogP contribution in [0.3, 0.4) is 0 Å². The molecule has 0 aliphatic carbocycles. The van der Waals surface area contributed by atoms with Gasteiger partial charge in [-0.05, 0) is 59.0 Å². The van der Waals surface area contributed by atoms with Crippen molar-refractivity contribution < 1.29 is 9.59 Å². The fraction of sp³-hybridized carbons (Fsp3) is 0. The van der Waals surface area contributed by atoms with Gasteiger partial charge in [0.1, 0.15) is 0 Å². The van der Waals surface area contributed by atoms with Crippen LogP contribution in [0.4, 0.5) is 11.4 Å². The summed E-state index contributed by atoms with van der Waals surface area (Å²) >= 11 is 2.17. The zero-order valence-corrected chi connectivity index (χ0v) is 12.0. The van der Waals surface area contributed by atoms with E-state index in [9.17, 15) is 9.59 Å². The van der Waals surface area contributed by atoms with E-state index in [1.165, 1.54) is 0 Å². The molecule has 2 N–H and O–H groups in total. The zero-order chi connectivity index (χ0) is 13.7. The Morgan fingerprint density at radius 2 is 1.21 bits per heavy atom. The maximum absolute atomic E-state index is 11.7. The summed E-state index contributed by atoms with van der Waals surface area (Å²) in [7, 11) is 0. The summed E-state index contributed by atoms with van der Waals surface area (Å²) in [6.45, 7) is 0. The molecule has 0 spiro atoms.